The average Bonchev–Trinajstić information content (AvgIpc) is 2.20. The minimum atomic E-state index is -0.383. The highest BCUT2D eigenvalue weighted by Gasteiger charge is 2.25. The minimum Gasteiger partial charge on any atom is -0.392 e. The van der Waals surface area contributed by atoms with Crippen molar-refractivity contribution in [2.24, 2.45) is 0 Å². The monoisotopic (exact) mass is 201 g/mol. The van der Waals surface area contributed by atoms with E-state index < -0.39 is 0 Å². The SMILES string of the molecule is CC1NCC(COCO)=C(CO)C1=O. The fourth-order valence-corrected chi connectivity index (χ4v) is 1.41. The first-order chi connectivity index (χ1) is 6.70. The second-order valence-corrected chi connectivity index (χ2v) is 3.18. The lowest BCUT2D eigenvalue weighted by molar-refractivity contribution is -0.118. The number of Topliss-reactive ketones (excluding diaryl/α,β-unsaturated/α-hetero) is 1. The Hall–Kier alpha value is -0.750. The van der Waals surface area contributed by atoms with E-state index in [1.807, 2.05) is 0 Å². The van der Waals surface area contributed by atoms with Crippen molar-refractivity contribution >= 4 is 5.78 Å². The Bertz CT molecular complexity index is 249. The largest absolute Gasteiger partial charge is 0.392 e. The smallest absolute Gasteiger partial charge is 0.177 e. The fraction of sp³-hybridized carbons (Fsp3) is 0.667. The van der Waals surface area contributed by atoms with E-state index in [9.17, 15) is 4.79 Å². The van der Waals surface area contributed by atoms with Crippen LogP contribution in [-0.2, 0) is 9.53 Å². The maximum atomic E-state index is 11.5. The molecule has 0 amide bonds. The summed E-state index contributed by atoms with van der Waals surface area (Å²) in [6.45, 7) is 1.79. The number of aliphatic hydroxyl groups excluding tert-OH is 2. The third-order valence-electron chi connectivity index (χ3n) is 2.26. The molecule has 0 aromatic carbocycles. The first-order valence-electron chi connectivity index (χ1n) is 4.48. The highest BCUT2D eigenvalue weighted by atomic mass is 16.6. The van der Waals surface area contributed by atoms with Gasteiger partial charge in [-0.25, -0.2) is 0 Å². The van der Waals surface area contributed by atoms with E-state index in [4.69, 9.17) is 14.9 Å². The topological polar surface area (TPSA) is 78.8 Å². The Morgan fingerprint density at radius 2 is 2.29 bits per heavy atom. The Labute approximate surface area is 82.4 Å². The summed E-state index contributed by atoms with van der Waals surface area (Å²) in [7, 11) is 0. The van der Waals surface area contributed by atoms with Crippen molar-refractivity contribution in [1.29, 1.82) is 0 Å². The molecule has 0 spiro atoms. The molecular weight excluding hydrogens is 186 g/mol. The predicted molar refractivity (Wildman–Crippen MR) is 49.6 cm³/mol. The first-order valence-corrected chi connectivity index (χ1v) is 4.48. The van der Waals surface area contributed by atoms with E-state index in [2.05, 4.69) is 5.32 Å². The molecule has 80 valence electrons. The van der Waals surface area contributed by atoms with E-state index in [-0.39, 0.29) is 31.8 Å². The third kappa shape index (κ3) is 2.39. The van der Waals surface area contributed by atoms with Gasteiger partial charge >= 0.3 is 0 Å². The Kier molecular flexibility index (Phi) is 4.21. The van der Waals surface area contributed by atoms with Crippen molar-refractivity contribution in [2.45, 2.75) is 13.0 Å². The standard InChI is InChI=1S/C9H15NO4/c1-6-9(13)8(3-11)7(2-10-6)4-14-5-12/h6,10-12H,2-5H2,1H3. The maximum Gasteiger partial charge on any atom is 0.177 e. The van der Waals surface area contributed by atoms with Crippen LogP contribution in [0.4, 0.5) is 0 Å². The van der Waals surface area contributed by atoms with E-state index in [0.717, 1.165) is 0 Å². The molecule has 14 heavy (non-hydrogen) atoms. The van der Waals surface area contributed by atoms with Crippen LogP contribution < -0.4 is 5.32 Å². The number of carbonyl (C=O) groups is 1. The average molecular weight is 201 g/mol. The van der Waals surface area contributed by atoms with Gasteiger partial charge in [-0.1, -0.05) is 0 Å². The second kappa shape index (κ2) is 5.21. The van der Waals surface area contributed by atoms with Crippen LogP contribution >= 0.6 is 0 Å². The number of aliphatic hydroxyl groups is 2. The molecular formula is C9H15NO4. The van der Waals surface area contributed by atoms with Crippen molar-refractivity contribution < 1.29 is 19.7 Å². The van der Waals surface area contributed by atoms with Crippen molar-refractivity contribution in [2.75, 3.05) is 26.6 Å². The van der Waals surface area contributed by atoms with Crippen LogP contribution in [0.5, 0.6) is 0 Å². The molecule has 5 heteroatoms. The van der Waals surface area contributed by atoms with E-state index in [1.165, 1.54) is 0 Å². The van der Waals surface area contributed by atoms with Crippen molar-refractivity contribution in [3.8, 4) is 0 Å². The summed E-state index contributed by atoms with van der Waals surface area (Å²) in [5.41, 5.74) is 1.12. The molecule has 1 atom stereocenters. The molecule has 1 aliphatic heterocycles. The number of hydrogen-bond donors (Lipinski definition) is 3. The number of ketones is 1. The molecule has 1 unspecified atom stereocenters. The summed E-state index contributed by atoms with van der Waals surface area (Å²) in [4.78, 5) is 11.5. The lowest BCUT2D eigenvalue weighted by atomic mass is 9.96. The summed E-state index contributed by atoms with van der Waals surface area (Å²) in [5.74, 6) is -0.102. The van der Waals surface area contributed by atoms with Crippen LogP contribution in [0.2, 0.25) is 0 Å². The van der Waals surface area contributed by atoms with Crippen LogP contribution in [0.1, 0.15) is 6.92 Å². The van der Waals surface area contributed by atoms with Gasteiger partial charge in [0.25, 0.3) is 0 Å². The Morgan fingerprint density at radius 1 is 1.57 bits per heavy atom. The van der Waals surface area contributed by atoms with Crippen molar-refractivity contribution in [3.63, 3.8) is 0 Å². The van der Waals surface area contributed by atoms with Gasteiger partial charge in [0, 0.05) is 12.1 Å². The molecule has 0 radical (unpaired) electrons. The molecule has 0 bridgehead atoms. The Balaban J connectivity index is 2.76. The predicted octanol–water partition coefficient (Wildman–Crippen LogP) is -1.20. The number of ether oxygens (including phenoxy) is 1. The zero-order valence-electron chi connectivity index (χ0n) is 8.12. The van der Waals surface area contributed by atoms with Gasteiger partial charge in [-0.15, -0.1) is 0 Å². The van der Waals surface area contributed by atoms with Crippen LogP contribution in [-0.4, -0.2) is 48.6 Å². The van der Waals surface area contributed by atoms with E-state index in [0.29, 0.717) is 17.7 Å². The second-order valence-electron chi connectivity index (χ2n) is 3.18. The Morgan fingerprint density at radius 3 is 2.86 bits per heavy atom. The van der Waals surface area contributed by atoms with Crippen molar-refractivity contribution in [3.05, 3.63) is 11.1 Å². The highest BCUT2D eigenvalue weighted by Crippen LogP contribution is 2.13. The van der Waals surface area contributed by atoms with Gasteiger partial charge in [0.1, 0.15) is 6.79 Å². The molecule has 1 heterocycles. The maximum absolute atomic E-state index is 11.5. The minimum absolute atomic E-state index is 0.102. The normalized spacial score (nSPS) is 23.1. The molecule has 0 saturated carbocycles. The van der Waals surface area contributed by atoms with Crippen LogP contribution in [0.25, 0.3) is 0 Å². The van der Waals surface area contributed by atoms with Crippen LogP contribution in [0.3, 0.4) is 0 Å². The molecule has 0 saturated heterocycles. The zero-order chi connectivity index (χ0) is 10.6. The molecule has 0 fully saturated rings. The quantitative estimate of drug-likeness (QED) is 0.498. The fourth-order valence-electron chi connectivity index (χ4n) is 1.41. The molecule has 5 nitrogen and oxygen atoms in total. The lowest BCUT2D eigenvalue weighted by Crippen LogP contribution is -2.43. The summed E-state index contributed by atoms with van der Waals surface area (Å²) in [6, 6.07) is -0.255. The molecule has 1 aliphatic rings. The molecule has 0 aromatic heterocycles. The van der Waals surface area contributed by atoms with E-state index in [1.54, 1.807) is 6.92 Å². The van der Waals surface area contributed by atoms with Crippen molar-refractivity contribution in [1.82, 2.24) is 5.32 Å². The van der Waals surface area contributed by atoms with Gasteiger partial charge in [0.05, 0.1) is 19.3 Å². The van der Waals surface area contributed by atoms with Gasteiger partial charge in [0.2, 0.25) is 0 Å². The first kappa shape index (κ1) is 11.3. The summed E-state index contributed by atoms with van der Waals surface area (Å²) >= 11 is 0. The van der Waals surface area contributed by atoms with Gasteiger partial charge in [-0.3, -0.25) is 4.79 Å². The summed E-state index contributed by atoms with van der Waals surface area (Å²) < 4.78 is 4.78. The number of hydrogen-bond acceptors (Lipinski definition) is 5. The molecule has 0 aliphatic carbocycles. The van der Waals surface area contributed by atoms with Gasteiger partial charge < -0.3 is 20.3 Å². The summed E-state index contributed by atoms with van der Waals surface area (Å²) in [5, 5.41) is 20.5. The molecule has 0 aromatic rings. The van der Waals surface area contributed by atoms with Gasteiger partial charge in [0.15, 0.2) is 5.78 Å². The molecule has 3 N–H and O–H groups in total. The van der Waals surface area contributed by atoms with Crippen LogP contribution in [0.15, 0.2) is 11.1 Å². The van der Waals surface area contributed by atoms with E-state index >= 15 is 0 Å². The lowest BCUT2D eigenvalue weighted by Gasteiger charge is -2.23. The molecule has 1 rings (SSSR count). The summed E-state index contributed by atoms with van der Waals surface area (Å²) in [6.07, 6.45) is 0. The zero-order valence-corrected chi connectivity index (χ0v) is 8.12. The number of nitrogens with one attached hydrogen (secondary N) is 1. The number of rotatable bonds is 4. The number of carbonyl (C=O) groups excluding carboxylic acids is 1. The third-order valence-corrected chi connectivity index (χ3v) is 2.26. The van der Waals surface area contributed by atoms with Gasteiger partial charge in [-0.05, 0) is 12.5 Å². The highest BCUT2D eigenvalue weighted by molar-refractivity contribution is 6.01. The van der Waals surface area contributed by atoms with Crippen LogP contribution in [0, 0.1) is 0 Å². The van der Waals surface area contributed by atoms with Gasteiger partial charge in [-0.2, -0.15) is 0 Å².